The van der Waals surface area contributed by atoms with Crippen molar-refractivity contribution in [1.29, 1.82) is 0 Å². The Morgan fingerprint density at radius 3 is 2.88 bits per heavy atom. The predicted molar refractivity (Wildman–Crippen MR) is 59.5 cm³/mol. The van der Waals surface area contributed by atoms with E-state index in [0.29, 0.717) is 17.3 Å². The highest BCUT2D eigenvalue weighted by Gasteiger charge is 2.23. The van der Waals surface area contributed by atoms with E-state index in [0.717, 1.165) is 12.8 Å². The van der Waals surface area contributed by atoms with Crippen molar-refractivity contribution in [1.82, 2.24) is 5.32 Å². The van der Waals surface area contributed by atoms with Crippen LogP contribution in [0.4, 0.5) is 14.9 Å². The van der Waals surface area contributed by atoms with Gasteiger partial charge >= 0.3 is 6.03 Å². The number of benzene rings is 1. The van der Waals surface area contributed by atoms with E-state index in [1.54, 1.807) is 0 Å². The van der Waals surface area contributed by atoms with Crippen molar-refractivity contribution in [2.24, 2.45) is 5.73 Å². The zero-order chi connectivity index (χ0) is 11.5. The van der Waals surface area contributed by atoms with Crippen molar-refractivity contribution in [3.8, 4) is 0 Å². The molecule has 0 bridgehead atoms. The molecule has 1 aliphatic carbocycles. The van der Waals surface area contributed by atoms with E-state index in [-0.39, 0.29) is 18.4 Å². The zero-order valence-electron chi connectivity index (χ0n) is 8.79. The molecule has 1 saturated carbocycles. The third-order valence-corrected chi connectivity index (χ3v) is 2.45. The van der Waals surface area contributed by atoms with Gasteiger partial charge in [-0.2, -0.15) is 0 Å². The Bertz CT molecular complexity index is 404. The average Bonchev–Trinajstić information content (AvgIpc) is 3.04. The molecule has 1 aromatic carbocycles. The maximum atomic E-state index is 12.9. The first-order chi connectivity index (χ1) is 7.69. The van der Waals surface area contributed by atoms with Crippen LogP contribution >= 0.6 is 0 Å². The largest absolute Gasteiger partial charge is 0.335 e. The molecule has 16 heavy (non-hydrogen) atoms. The third kappa shape index (κ3) is 2.70. The van der Waals surface area contributed by atoms with Crippen LogP contribution in [0.25, 0.3) is 0 Å². The van der Waals surface area contributed by atoms with Gasteiger partial charge in [0.2, 0.25) is 0 Å². The van der Waals surface area contributed by atoms with Crippen molar-refractivity contribution in [3.63, 3.8) is 0 Å². The van der Waals surface area contributed by atoms with Crippen molar-refractivity contribution in [2.45, 2.75) is 25.4 Å². The van der Waals surface area contributed by atoms with Gasteiger partial charge in [0, 0.05) is 18.3 Å². The predicted octanol–water partition coefficient (Wildman–Crippen LogP) is 1.57. The summed E-state index contributed by atoms with van der Waals surface area (Å²) < 4.78 is 12.9. The Morgan fingerprint density at radius 2 is 2.25 bits per heavy atom. The second-order valence-corrected chi connectivity index (χ2v) is 3.88. The molecular formula is C11H14FN3O. The number of nitrogens with two attached hydrogens (primary N) is 1. The number of hydrogen-bond acceptors (Lipinski definition) is 2. The van der Waals surface area contributed by atoms with Crippen LogP contribution < -0.4 is 16.4 Å². The van der Waals surface area contributed by atoms with Crippen LogP contribution in [0.3, 0.4) is 0 Å². The lowest BCUT2D eigenvalue weighted by Crippen LogP contribution is -2.30. The van der Waals surface area contributed by atoms with Gasteiger partial charge in [-0.1, -0.05) is 0 Å². The summed E-state index contributed by atoms with van der Waals surface area (Å²) in [7, 11) is 0. The minimum atomic E-state index is -0.353. The molecule has 0 heterocycles. The zero-order valence-corrected chi connectivity index (χ0v) is 8.79. The Labute approximate surface area is 93.0 Å². The first kappa shape index (κ1) is 10.9. The Hall–Kier alpha value is -1.62. The number of hydrogen-bond donors (Lipinski definition) is 3. The number of anilines is 1. The molecule has 4 nitrogen and oxygen atoms in total. The second-order valence-electron chi connectivity index (χ2n) is 3.88. The summed E-state index contributed by atoms with van der Waals surface area (Å²) in [6.45, 7) is 0.191. The highest BCUT2D eigenvalue weighted by atomic mass is 19.1. The Balaban J connectivity index is 2.04. The van der Waals surface area contributed by atoms with Crippen LogP contribution in [0.5, 0.6) is 0 Å². The molecular weight excluding hydrogens is 209 g/mol. The molecule has 0 aliphatic heterocycles. The fourth-order valence-corrected chi connectivity index (χ4v) is 1.42. The number of nitrogens with one attached hydrogen (secondary N) is 2. The molecule has 4 N–H and O–H groups in total. The minimum absolute atomic E-state index is 0.191. The molecule has 0 spiro atoms. The molecule has 0 saturated heterocycles. The maximum Gasteiger partial charge on any atom is 0.319 e. The van der Waals surface area contributed by atoms with Gasteiger partial charge in [-0.25, -0.2) is 9.18 Å². The van der Waals surface area contributed by atoms with Crippen molar-refractivity contribution in [3.05, 3.63) is 29.6 Å². The van der Waals surface area contributed by atoms with Crippen LogP contribution in [0.2, 0.25) is 0 Å². The highest BCUT2D eigenvalue weighted by Crippen LogP contribution is 2.20. The van der Waals surface area contributed by atoms with Gasteiger partial charge in [0.15, 0.2) is 0 Å². The average molecular weight is 223 g/mol. The normalized spacial score (nSPS) is 14.6. The number of halogens is 1. The molecule has 5 heteroatoms. The van der Waals surface area contributed by atoms with Gasteiger partial charge in [-0.3, -0.25) is 0 Å². The summed E-state index contributed by atoms with van der Waals surface area (Å²) in [5.41, 5.74) is 6.62. The van der Waals surface area contributed by atoms with E-state index < -0.39 is 0 Å². The maximum absolute atomic E-state index is 12.9. The van der Waals surface area contributed by atoms with Crippen molar-refractivity contribution in [2.75, 3.05) is 5.32 Å². The van der Waals surface area contributed by atoms with Gasteiger partial charge < -0.3 is 16.4 Å². The molecule has 86 valence electrons. The summed E-state index contributed by atoms with van der Waals surface area (Å²) >= 11 is 0. The Morgan fingerprint density at radius 1 is 1.50 bits per heavy atom. The number of urea groups is 1. The first-order valence-electron chi connectivity index (χ1n) is 5.25. The summed E-state index contributed by atoms with van der Waals surface area (Å²) in [5, 5.41) is 5.45. The molecule has 2 rings (SSSR count). The minimum Gasteiger partial charge on any atom is -0.335 e. The molecule has 0 unspecified atom stereocenters. The van der Waals surface area contributed by atoms with Crippen LogP contribution in [0.15, 0.2) is 18.2 Å². The van der Waals surface area contributed by atoms with Gasteiger partial charge in [0.05, 0.1) is 0 Å². The SMILES string of the molecule is NCc1cc(F)ccc1NC(=O)NC1CC1. The molecule has 1 aliphatic rings. The van der Waals surface area contributed by atoms with Crippen LogP contribution in [0.1, 0.15) is 18.4 Å². The summed E-state index contributed by atoms with van der Waals surface area (Å²) in [6, 6.07) is 4.17. The topological polar surface area (TPSA) is 67.1 Å². The van der Waals surface area contributed by atoms with Gasteiger partial charge in [0.1, 0.15) is 5.82 Å². The van der Waals surface area contributed by atoms with Crippen molar-refractivity contribution >= 4 is 11.7 Å². The molecule has 0 radical (unpaired) electrons. The summed E-state index contributed by atoms with van der Waals surface area (Å²) in [5.74, 6) is -0.353. The standard InChI is InChI=1S/C11H14FN3O/c12-8-1-4-10(7(5-8)6-13)15-11(16)14-9-2-3-9/h1,4-5,9H,2-3,6,13H2,(H2,14,15,16). The molecule has 1 fully saturated rings. The molecule has 2 amide bonds. The van der Waals surface area contributed by atoms with Gasteiger partial charge in [-0.05, 0) is 36.6 Å². The summed E-state index contributed by atoms with van der Waals surface area (Å²) in [6.07, 6.45) is 2.06. The number of carbonyl (C=O) groups excluding carboxylic acids is 1. The molecule has 0 aromatic heterocycles. The van der Waals surface area contributed by atoms with E-state index in [1.165, 1.54) is 18.2 Å². The quantitative estimate of drug-likeness (QED) is 0.728. The van der Waals surface area contributed by atoms with E-state index in [4.69, 9.17) is 5.73 Å². The van der Waals surface area contributed by atoms with Crippen LogP contribution in [-0.4, -0.2) is 12.1 Å². The second kappa shape index (κ2) is 4.49. The monoisotopic (exact) mass is 223 g/mol. The van der Waals surface area contributed by atoms with E-state index in [1.807, 2.05) is 0 Å². The highest BCUT2D eigenvalue weighted by molar-refractivity contribution is 5.90. The van der Waals surface area contributed by atoms with Crippen molar-refractivity contribution < 1.29 is 9.18 Å². The first-order valence-corrected chi connectivity index (χ1v) is 5.25. The fraction of sp³-hybridized carbons (Fsp3) is 0.364. The van der Waals surface area contributed by atoms with E-state index in [9.17, 15) is 9.18 Å². The number of rotatable bonds is 3. The van der Waals surface area contributed by atoms with Gasteiger partial charge in [0.25, 0.3) is 0 Å². The fourth-order valence-electron chi connectivity index (χ4n) is 1.42. The van der Waals surface area contributed by atoms with Gasteiger partial charge in [-0.15, -0.1) is 0 Å². The van der Waals surface area contributed by atoms with Crippen LogP contribution in [-0.2, 0) is 6.54 Å². The lowest BCUT2D eigenvalue weighted by molar-refractivity contribution is 0.251. The summed E-state index contributed by atoms with van der Waals surface area (Å²) in [4.78, 5) is 11.5. The lowest BCUT2D eigenvalue weighted by Gasteiger charge is -2.10. The van der Waals surface area contributed by atoms with Crippen LogP contribution in [0, 0.1) is 5.82 Å². The number of amides is 2. The molecule has 1 aromatic rings. The number of carbonyl (C=O) groups is 1. The van der Waals surface area contributed by atoms with E-state index >= 15 is 0 Å². The third-order valence-electron chi connectivity index (χ3n) is 2.45. The lowest BCUT2D eigenvalue weighted by atomic mass is 10.2. The molecule has 0 atom stereocenters. The van der Waals surface area contributed by atoms with E-state index in [2.05, 4.69) is 10.6 Å². The smallest absolute Gasteiger partial charge is 0.319 e. The Kier molecular flexibility index (Phi) is 3.05.